The maximum Gasteiger partial charge on any atom is -0.00134 e. The molecule has 0 unspecified atom stereocenters. The zero-order chi connectivity index (χ0) is 38.9. The van der Waals surface area contributed by atoms with Crippen LogP contribution in [0.15, 0.2) is 158 Å². The molecule has 0 nitrogen and oxygen atoms in total. The molecule has 0 atom stereocenters. The van der Waals surface area contributed by atoms with Gasteiger partial charge in [-0.15, -0.1) is 5.73 Å². The normalized spacial score (nSPS) is 11.9. The summed E-state index contributed by atoms with van der Waals surface area (Å²) in [5.74, 6) is 0. The van der Waals surface area contributed by atoms with E-state index in [0.29, 0.717) is 0 Å². The first-order valence-corrected chi connectivity index (χ1v) is 19.9. The molecule has 0 spiro atoms. The summed E-state index contributed by atoms with van der Waals surface area (Å²) in [6.45, 7) is 18.9. The fourth-order valence-electron chi connectivity index (χ4n) is 9.17. The Morgan fingerprint density at radius 1 is 0.518 bits per heavy atom. The van der Waals surface area contributed by atoms with Crippen molar-refractivity contribution in [3.8, 4) is 0 Å². The lowest BCUT2D eigenvalue weighted by Crippen LogP contribution is -2.02. The highest BCUT2D eigenvalue weighted by Gasteiger charge is 2.17. The van der Waals surface area contributed by atoms with E-state index in [0.717, 1.165) is 11.6 Å². The van der Waals surface area contributed by atoms with E-state index in [1.54, 1.807) is 5.56 Å². The number of aryl methyl sites for hydroxylation is 3. The van der Waals surface area contributed by atoms with Crippen molar-refractivity contribution in [2.24, 2.45) is 0 Å². The molecule has 0 aromatic heterocycles. The van der Waals surface area contributed by atoms with Crippen LogP contribution in [0.2, 0.25) is 0 Å². The van der Waals surface area contributed by atoms with Crippen LogP contribution in [-0.2, 0) is 19.3 Å². The van der Waals surface area contributed by atoms with Crippen molar-refractivity contribution in [2.75, 3.05) is 0 Å². The second-order valence-corrected chi connectivity index (χ2v) is 14.7. The van der Waals surface area contributed by atoms with E-state index >= 15 is 0 Å². The first-order valence-electron chi connectivity index (χ1n) is 19.9. The van der Waals surface area contributed by atoms with Crippen LogP contribution in [0.4, 0.5) is 0 Å². The van der Waals surface area contributed by atoms with Crippen molar-refractivity contribution >= 4 is 88.1 Å². The van der Waals surface area contributed by atoms with Crippen LogP contribution in [0.5, 0.6) is 0 Å². The molecular weight excluding hydrogens is 673 g/mol. The van der Waals surface area contributed by atoms with Crippen LogP contribution in [0.1, 0.15) is 54.2 Å². The molecule has 1 aliphatic carbocycles. The largest absolute Gasteiger partial charge is 0.137 e. The van der Waals surface area contributed by atoms with Gasteiger partial charge >= 0.3 is 0 Å². The Morgan fingerprint density at radius 3 is 1.64 bits per heavy atom. The molecule has 0 saturated carbocycles. The van der Waals surface area contributed by atoms with Crippen molar-refractivity contribution in [1.82, 2.24) is 0 Å². The van der Waals surface area contributed by atoms with Crippen molar-refractivity contribution in [3.05, 3.63) is 197 Å². The van der Waals surface area contributed by atoms with E-state index in [1.807, 2.05) is 13.8 Å². The maximum atomic E-state index is 4.36. The first kappa shape index (κ1) is 36.5. The predicted octanol–water partition coefficient (Wildman–Crippen LogP) is 15.0. The molecule has 272 valence electrons. The Balaban J connectivity index is 0.000000167. The van der Waals surface area contributed by atoms with Gasteiger partial charge in [-0.05, 0) is 147 Å². The van der Waals surface area contributed by atoms with Crippen LogP contribution >= 0.6 is 0 Å². The maximum absolute atomic E-state index is 4.36. The minimum atomic E-state index is 0.906. The summed E-state index contributed by atoms with van der Waals surface area (Å²) in [5, 5.41) is 20.2. The molecule has 0 fully saturated rings. The molecule has 0 heteroatoms. The highest BCUT2D eigenvalue weighted by molar-refractivity contribution is 6.23. The molecule has 56 heavy (non-hydrogen) atoms. The highest BCUT2D eigenvalue weighted by Crippen LogP contribution is 2.39. The van der Waals surface area contributed by atoms with Gasteiger partial charge < -0.3 is 0 Å². The lowest BCUT2D eigenvalue weighted by atomic mass is 9.84. The van der Waals surface area contributed by atoms with Crippen LogP contribution in [-0.4, -0.2) is 0 Å². The van der Waals surface area contributed by atoms with Gasteiger partial charge in [0.2, 0.25) is 0 Å². The van der Waals surface area contributed by atoms with Crippen molar-refractivity contribution in [1.29, 1.82) is 0 Å². The summed E-state index contributed by atoms with van der Waals surface area (Å²) >= 11 is 0. The van der Waals surface area contributed by atoms with Gasteiger partial charge in [-0.25, -0.2) is 0 Å². The molecule has 0 amide bonds. The molecule has 0 N–H and O–H groups in total. The third-order valence-corrected chi connectivity index (χ3v) is 11.6. The monoisotopic (exact) mass is 720 g/mol. The molecule has 0 aliphatic heterocycles. The standard InChI is InChI=1S/C34H24.C17H14.C3H4.C2H6/c1-3-5-22-16-18-29-27(14-12-25-9-8-21(2)31(22)33(25)29)20-28-15-13-26-11-10-23-6-4-7-24-17-19-30(28)34(26)32(23)24;1-11-5-6-14-8-7-12-3-2-4-13-9-10-15(11)17(14)16(12)13;1-3-2;1-2/h3-19H,2,20H2,1H3;2-8H,9-10H2,1H3;1-2H2;1-2H3/b5-3-;;;. The van der Waals surface area contributed by atoms with Crippen LogP contribution in [0.25, 0.3) is 88.1 Å². The average molecular weight is 721 g/mol. The highest BCUT2D eigenvalue weighted by atomic mass is 14.2. The molecular formula is C56H48. The molecule has 10 aromatic carbocycles. The Bertz CT molecular complexity index is 3170. The summed E-state index contributed by atoms with van der Waals surface area (Å²) < 4.78 is 0. The third kappa shape index (κ3) is 6.14. The molecule has 0 radical (unpaired) electrons. The van der Waals surface area contributed by atoms with Gasteiger partial charge in [0.15, 0.2) is 0 Å². The van der Waals surface area contributed by atoms with Crippen LogP contribution < -0.4 is 5.22 Å². The van der Waals surface area contributed by atoms with Crippen molar-refractivity contribution in [2.45, 2.75) is 47.0 Å². The lowest BCUT2D eigenvalue weighted by molar-refractivity contribution is 0.957. The second kappa shape index (κ2) is 15.3. The molecule has 11 rings (SSSR count). The topological polar surface area (TPSA) is 0 Å². The Labute approximate surface area is 330 Å². The Hall–Kier alpha value is -6.46. The quantitative estimate of drug-likeness (QED) is 0.126. The minimum Gasteiger partial charge on any atom is -0.137 e. The van der Waals surface area contributed by atoms with E-state index in [2.05, 4.69) is 185 Å². The number of hydrogen-bond donors (Lipinski definition) is 0. The summed E-state index contributed by atoms with van der Waals surface area (Å²) in [6.07, 6.45) is 7.59. The zero-order valence-corrected chi connectivity index (χ0v) is 33.1. The molecule has 1 aliphatic rings. The zero-order valence-electron chi connectivity index (χ0n) is 33.1. The SMILES string of the molecule is C=C=C.C=c1ccc2ccc(Cc3ccc4ccc5cccc6ccc3c4c56)c3ccc(/C=C\C)c1c23.CC.Cc1ccc2ccc3cccc4c3c2c1CC4. The summed E-state index contributed by atoms with van der Waals surface area (Å²) in [6, 6.07) is 49.6. The van der Waals surface area contributed by atoms with E-state index in [9.17, 15) is 0 Å². The number of benzene rings is 10. The van der Waals surface area contributed by atoms with Crippen molar-refractivity contribution < 1.29 is 0 Å². The van der Waals surface area contributed by atoms with Gasteiger partial charge in [-0.1, -0.05) is 179 Å². The van der Waals surface area contributed by atoms with Gasteiger partial charge in [0.05, 0.1) is 0 Å². The summed E-state index contributed by atoms with van der Waals surface area (Å²) in [7, 11) is 0. The van der Waals surface area contributed by atoms with Crippen molar-refractivity contribution in [3.63, 3.8) is 0 Å². The predicted molar refractivity (Wildman–Crippen MR) is 250 cm³/mol. The number of allylic oxidation sites excluding steroid dienone is 1. The smallest absolute Gasteiger partial charge is 0.00134 e. The third-order valence-electron chi connectivity index (χ3n) is 11.6. The number of hydrogen-bond acceptors (Lipinski definition) is 0. The number of rotatable bonds is 3. The fraction of sp³-hybridized carbons (Fsp3) is 0.125. The molecule has 0 saturated heterocycles. The van der Waals surface area contributed by atoms with Gasteiger partial charge in [0.1, 0.15) is 0 Å². The summed E-state index contributed by atoms with van der Waals surface area (Å²) in [5.41, 5.74) is 10.8. The van der Waals surface area contributed by atoms with E-state index in [-0.39, 0.29) is 0 Å². The molecule has 10 aromatic rings. The molecule has 0 bridgehead atoms. The minimum absolute atomic E-state index is 0.906. The average Bonchev–Trinajstić information content (AvgIpc) is 3.24. The Morgan fingerprint density at radius 2 is 1.00 bits per heavy atom. The van der Waals surface area contributed by atoms with E-state index < -0.39 is 0 Å². The van der Waals surface area contributed by atoms with E-state index in [1.165, 1.54) is 116 Å². The molecule has 0 heterocycles. The van der Waals surface area contributed by atoms with Gasteiger partial charge in [-0.3, -0.25) is 0 Å². The van der Waals surface area contributed by atoms with Crippen LogP contribution in [0.3, 0.4) is 0 Å². The lowest BCUT2D eigenvalue weighted by Gasteiger charge is -2.20. The van der Waals surface area contributed by atoms with Gasteiger partial charge in [0.25, 0.3) is 0 Å². The van der Waals surface area contributed by atoms with Gasteiger partial charge in [-0.2, -0.15) is 0 Å². The van der Waals surface area contributed by atoms with E-state index in [4.69, 9.17) is 0 Å². The Kier molecular flexibility index (Phi) is 10.0. The summed E-state index contributed by atoms with van der Waals surface area (Å²) in [4.78, 5) is 0. The fourth-order valence-corrected chi connectivity index (χ4v) is 9.17. The van der Waals surface area contributed by atoms with Gasteiger partial charge in [0, 0.05) is 0 Å². The first-order chi connectivity index (χ1) is 27.5. The van der Waals surface area contributed by atoms with Crippen LogP contribution in [0, 0.1) is 6.92 Å². The second-order valence-electron chi connectivity index (χ2n) is 14.7.